The molecule has 0 fully saturated rings. The number of amides is 1. The quantitative estimate of drug-likeness (QED) is 0.746. The Kier molecular flexibility index (Phi) is 6.99. The van der Waals surface area contributed by atoms with Crippen LogP contribution >= 0.6 is 15.9 Å². The second-order valence-corrected chi connectivity index (χ2v) is 6.56. The third-order valence-electron chi connectivity index (χ3n) is 3.88. The largest absolute Gasteiger partial charge is 0.496 e. The van der Waals surface area contributed by atoms with Crippen LogP contribution in [0.2, 0.25) is 0 Å². The van der Waals surface area contributed by atoms with Gasteiger partial charge in [0, 0.05) is 11.3 Å². The van der Waals surface area contributed by atoms with Crippen molar-refractivity contribution in [3.05, 3.63) is 58.1 Å². The maximum atomic E-state index is 12.1. The summed E-state index contributed by atoms with van der Waals surface area (Å²) in [5.74, 6) is 0.723. The number of rotatable bonds is 7. The molecule has 2 aromatic carbocycles. The number of methoxy groups -OCH3 is 1. The Morgan fingerprint density at radius 1 is 1.32 bits per heavy atom. The highest BCUT2D eigenvalue weighted by atomic mass is 79.9. The fourth-order valence-electron chi connectivity index (χ4n) is 2.39. The topological polar surface area (TPSA) is 78.7 Å². The van der Waals surface area contributed by atoms with E-state index < -0.39 is 0 Å². The predicted octanol–water partition coefficient (Wildman–Crippen LogP) is 2.79. The van der Waals surface area contributed by atoms with Crippen LogP contribution in [0, 0.1) is 11.3 Å². The van der Waals surface area contributed by atoms with Gasteiger partial charge in [0.25, 0.3) is 5.91 Å². The lowest BCUT2D eigenvalue weighted by Crippen LogP contribution is -2.86. The Morgan fingerprint density at radius 3 is 2.64 bits per heavy atom. The summed E-state index contributed by atoms with van der Waals surface area (Å²) in [6, 6.07) is 15.5. The summed E-state index contributed by atoms with van der Waals surface area (Å²) in [4.78, 5) is 12.1. The molecule has 0 saturated carbocycles. The standard InChI is InChI=1S/C19H20BrN3O2/c1-13(15-5-8-18(25-2)17(20)11-15)22-12-19(24)23-16-6-3-14(4-7-16)9-10-21/h3-8,11,13,22H,9,12H2,1-2H3,(H,23,24)/p+1/t13-/m1/s1. The first-order valence-electron chi connectivity index (χ1n) is 7.96. The molecular formula is C19H21BrN3O2+. The van der Waals surface area contributed by atoms with Gasteiger partial charge in [0.15, 0.2) is 6.54 Å². The molecule has 0 bridgehead atoms. The fourth-order valence-corrected chi connectivity index (χ4v) is 2.95. The Labute approximate surface area is 156 Å². The zero-order valence-electron chi connectivity index (χ0n) is 14.3. The van der Waals surface area contributed by atoms with Gasteiger partial charge >= 0.3 is 0 Å². The molecule has 1 atom stereocenters. The highest BCUT2D eigenvalue weighted by molar-refractivity contribution is 9.10. The first-order valence-corrected chi connectivity index (χ1v) is 8.75. The van der Waals surface area contributed by atoms with Crippen molar-refractivity contribution in [2.24, 2.45) is 0 Å². The predicted molar refractivity (Wildman–Crippen MR) is 100 cm³/mol. The number of nitrogens with two attached hydrogens (primary N) is 1. The molecule has 5 nitrogen and oxygen atoms in total. The normalized spacial score (nSPS) is 11.4. The van der Waals surface area contributed by atoms with Crippen LogP contribution in [0.25, 0.3) is 0 Å². The van der Waals surface area contributed by atoms with Crippen molar-refractivity contribution in [3.8, 4) is 11.8 Å². The van der Waals surface area contributed by atoms with Gasteiger partial charge in [0.1, 0.15) is 11.8 Å². The first kappa shape index (κ1) is 19.0. The molecule has 0 unspecified atom stereocenters. The van der Waals surface area contributed by atoms with Gasteiger partial charge < -0.3 is 15.4 Å². The molecule has 0 aliphatic rings. The van der Waals surface area contributed by atoms with Crippen LogP contribution < -0.4 is 15.4 Å². The van der Waals surface area contributed by atoms with E-state index in [-0.39, 0.29) is 11.9 Å². The van der Waals surface area contributed by atoms with Crippen LogP contribution in [0.5, 0.6) is 5.75 Å². The van der Waals surface area contributed by atoms with E-state index in [0.29, 0.717) is 13.0 Å². The Bertz CT molecular complexity index is 769. The van der Waals surface area contributed by atoms with Crippen LogP contribution in [0.3, 0.4) is 0 Å². The SMILES string of the molecule is COc1ccc([C@@H](C)[NH2+]CC(=O)Nc2ccc(CC#N)cc2)cc1Br. The smallest absolute Gasteiger partial charge is 0.279 e. The Balaban J connectivity index is 1.86. The molecular weight excluding hydrogens is 382 g/mol. The van der Waals surface area contributed by atoms with Crippen LogP contribution in [0.1, 0.15) is 24.1 Å². The van der Waals surface area contributed by atoms with Crippen LogP contribution in [-0.2, 0) is 11.2 Å². The van der Waals surface area contributed by atoms with Crippen LogP contribution in [-0.4, -0.2) is 19.6 Å². The Morgan fingerprint density at radius 2 is 2.04 bits per heavy atom. The molecule has 2 aromatic rings. The van der Waals surface area contributed by atoms with Crippen molar-refractivity contribution in [2.75, 3.05) is 19.0 Å². The summed E-state index contributed by atoms with van der Waals surface area (Å²) in [7, 11) is 1.63. The van der Waals surface area contributed by atoms with E-state index >= 15 is 0 Å². The maximum Gasteiger partial charge on any atom is 0.279 e. The second kappa shape index (κ2) is 9.21. The molecule has 130 valence electrons. The fraction of sp³-hybridized carbons (Fsp3) is 0.263. The Hall–Kier alpha value is -2.36. The van der Waals surface area contributed by atoms with Crippen molar-refractivity contribution in [3.63, 3.8) is 0 Å². The number of nitriles is 1. The van der Waals surface area contributed by atoms with Crippen molar-refractivity contribution in [2.45, 2.75) is 19.4 Å². The monoisotopic (exact) mass is 402 g/mol. The summed E-state index contributed by atoms with van der Waals surface area (Å²) >= 11 is 3.48. The summed E-state index contributed by atoms with van der Waals surface area (Å²) in [6.07, 6.45) is 0.372. The van der Waals surface area contributed by atoms with E-state index in [2.05, 4.69) is 34.2 Å². The number of anilines is 1. The number of hydrogen-bond acceptors (Lipinski definition) is 3. The van der Waals surface area contributed by atoms with Gasteiger partial charge in [-0.25, -0.2) is 0 Å². The molecule has 0 saturated heterocycles. The lowest BCUT2D eigenvalue weighted by molar-refractivity contribution is -0.682. The minimum absolute atomic E-state index is 0.0625. The van der Waals surface area contributed by atoms with Gasteiger partial charge in [-0.05, 0) is 58.7 Å². The molecule has 6 heteroatoms. The van der Waals surface area contributed by atoms with Gasteiger partial charge in [-0.3, -0.25) is 4.79 Å². The molecule has 0 radical (unpaired) electrons. The highest BCUT2D eigenvalue weighted by Gasteiger charge is 2.13. The summed E-state index contributed by atoms with van der Waals surface area (Å²) in [5, 5.41) is 13.5. The van der Waals surface area contributed by atoms with Gasteiger partial charge in [-0.1, -0.05) is 12.1 Å². The number of halogens is 1. The van der Waals surface area contributed by atoms with Crippen LogP contribution in [0.15, 0.2) is 46.9 Å². The molecule has 25 heavy (non-hydrogen) atoms. The first-order chi connectivity index (χ1) is 12.0. The summed E-state index contributed by atoms with van der Waals surface area (Å²) < 4.78 is 6.13. The molecule has 0 heterocycles. The van der Waals surface area contributed by atoms with Crippen molar-refractivity contribution < 1.29 is 14.8 Å². The van der Waals surface area contributed by atoms with Gasteiger partial charge in [-0.2, -0.15) is 5.26 Å². The third-order valence-corrected chi connectivity index (χ3v) is 4.50. The molecule has 0 aromatic heterocycles. The minimum atomic E-state index is -0.0625. The van der Waals surface area contributed by atoms with E-state index in [9.17, 15) is 4.79 Å². The van der Waals surface area contributed by atoms with Gasteiger partial charge in [0.2, 0.25) is 0 Å². The van der Waals surface area contributed by atoms with E-state index in [1.54, 1.807) is 7.11 Å². The van der Waals surface area contributed by atoms with Crippen molar-refractivity contribution in [1.82, 2.24) is 0 Å². The van der Waals surface area contributed by atoms with E-state index in [4.69, 9.17) is 10.00 Å². The van der Waals surface area contributed by atoms with Crippen molar-refractivity contribution >= 4 is 27.5 Å². The average molecular weight is 403 g/mol. The zero-order valence-corrected chi connectivity index (χ0v) is 15.8. The molecule has 2 rings (SSSR count). The van der Waals surface area contributed by atoms with Crippen molar-refractivity contribution in [1.29, 1.82) is 5.26 Å². The number of ether oxygens (including phenoxy) is 1. The summed E-state index contributed by atoms with van der Waals surface area (Å²) in [6.45, 7) is 2.38. The minimum Gasteiger partial charge on any atom is -0.496 e. The molecule has 3 N–H and O–H groups in total. The second-order valence-electron chi connectivity index (χ2n) is 5.70. The number of benzene rings is 2. The molecule has 1 amide bonds. The lowest BCUT2D eigenvalue weighted by atomic mass is 10.1. The molecule has 0 aliphatic heterocycles. The summed E-state index contributed by atoms with van der Waals surface area (Å²) in [5.41, 5.74) is 2.78. The number of hydrogen-bond donors (Lipinski definition) is 2. The molecule has 0 spiro atoms. The third kappa shape index (κ3) is 5.59. The highest BCUT2D eigenvalue weighted by Crippen LogP contribution is 2.27. The van der Waals surface area contributed by atoms with Gasteiger partial charge in [0.05, 0.1) is 24.1 Å². The lowest BCUT2D eigenvalue weighted by Gasteiger charge is -2.13. The maximum absolute atomic E-state index is 12.1. The number of nitrogens with one attached hydrogen (secondary N) is 1. The molecule has 0 aliphatic carbocycles. The van der Waals surface area contributed by atoms with E-state index in [1.165, 1.54) is 0 Å². The number of nitrogens with zero attached hydrogens (tertiary/aromatic N) is 1. The average Bonchev–Trinajstić information content (AvgIpc) is 2.61. The van der Waals surface area contributed by atoms with E-state index in [1.807, 2.05) is 47.8 Å². The zero-order chi connectivity index (χ0) is 18.2. The van der Waals surface area contributed by atoms with Crippen LogP contribution in [0.4, 0.5) is 5.69 Å². The van der Waals surface area contributed by atoms with Gasteiger partial charge in [-0.15, -0.1) is 0 Å². The number of carbonyl (C=O) groups is 1. The van der Waals surface area contributed by atoms with E-state index in [0.717, 1.165) is 27.0 Å². The number of quaternary nitrogens is 1. The number of carbonyl (C=O) groups excluding carboxylic acids is 1.